The number of amides is 1. The number of benzene rings is 1. The second-order valence-electron chi connectivity index (χ2n) is 5.10. The van der Waals surface area contributed by atoms with E-state index in [4.69, 9.17) is 11.6 Å². The fourth-order valence-corrected chi connectivity index (χ4v) is 2.36. The minimum atomic E-state index is -0.462. The lowest BCUT2D eigenvalue weighted by Gasteiger charge is -2.15. The molecule has 100 valence electrons. The summed E-state index contributed by atoms with van der Waals surface area (Å²) in [5, 5.41) is 12.6. The van der Waals surface area contributed by atoms with Crippen LogP contribution in [-0.4, -0.2) is 16.1 Å². The van der Waals surface area contributed by atoms with Crippen molar-refractivity contribution in [1.29, 1.82) is 0 Å². The zero-order valence-electron chi connectivity index (χ0n) is 10.9. The lowest BCUT2D eigenvalue weighted by molar-refractivity contribution is -0.123. The van der Waals surface area contributed by atoms with Gasteiger partial charge in [0.05, 0.1) is 5.02 Å². The molecule has 1 heterocycles. The van der Waals surface area contributed by atoms with Crippen LogP contribution in [0.25, 0.3) is 10.6 Å². The van der Waals surface area contributed by atoms with E-state index in [1.54, 1.807) is 6.07 Å². The molecular weight excluding hydrogens is 282 g/mol. The van der Waals surface area contributed by atoms with Crippen molar-refractivity contribution < 1.29 is 4.79 Å². The number of rotatable bonds is 2. The Morgan fingerprint density at radius 3 is 2.58 bits per heavy atom. The van der Waals surface area contributed by atoms with Gasteiger partial charge in [0, 0.05) is 11.0 Å². The Kier molecular flexibility index (Phi) is 3.87. The molecule has 1 amide bonds. The van der Waals surface area contributed by atoms with Crippen LogP contribution in [0.3, 0.4) is 0 Å². The number of anilines is 1. The molecule has 6 heteroatoms. The molecule has 19 heavy (non-hydrogen) atoms. The van der Waals surface area contributed by atoms with Crippen LogP contribution in [0.2, 0.25) is 5.02 Å². The van der Waals surface area contributed by atoms with Crippen LogP contribution in [0.4, 0.5) is 5.13 Å². The molecule has 0 aliphatic heterocycles. The molecule has 0 fully saturated rings. The van der Waals surface area contributed by atoms with Gasteiger partial charge in [0.25, 0.3) is 0 Å². The third-order valence-corrected chi connectivity index (χ3v) is 3.63. The van der Waals surface area contributed by atoms with Gasteiger partial charge < -0.3 is 5.32 Å². The van der Waals surface area contributed by atoms with Crippen molar-refractivity contribution in [3.8, 4) is 10.6 Å². The van der Waals surface area contributed by atoms with Gasteiger partial charge in [0.1, 0.15) is 0 Å². The topological polar surface area (TPSA) is 54.9 Å². The number of hydrogen-bond donors (Lipinski definition) is 1. The maximum atomic E-state index is 11.8. The largest absolute Gasteiger partial charge is 0.300 e. The molecule has 1 N–H and O–H groups in total. The van der Waals surface area contributed by atoms with E-state index in [1.807, 2.05) is 39.0 Å². The first-order valence-corrected chi connectivity index (χ1v) is 6.97. The van der Waals surface area contributed by atoms with Gasteiger partial charge in [-0.15, -0.1) is 10.2 Å². The van der Waals surface area contributed by atoms with Crippen molar-refractivity contribution in [2.45, 2.75) is 20.8 Å². The molecule has 2 rings (SSSR count). The number of aromatic nitrogens is 2. The predicted molar refractivity (Wildman–Crippen MR) is 78.4 cm³/mol. The van der Waals surface area contributed by atoms with E-state index in [-0.39, 0.29) is 5.91 Å². The maximum Gasteiger partial charge on any atom is 0.231 e. The second-order valence-corrected chi connectivity index (χ2v) is 6.48. The highest BCUT2D eigenvalue weighted by molar-refractivity contribution is 7.18. The molecule has 1 aromatic heterocycles. The summed E-state index contributed by atoms with van der Waals surface area (Å²) >= 11 is 7.40. The van der Waals surface area contributed by atoms with Crippen molar-refractivity contribution in [2.75, 3.05) is 5.32 Å². The quantitative estimate of drug-likeness (QED) is 0.915. The van der Waals surface area contributed by atoms with Gasteiger partial charge in [0.2, 0.25) is 11.0 Å². The van der Waals surface area contributed by atoms with Gasteiger partial charge in [-0.3, -0.25) is 4.79 Å². The molecule has 0 aliphatic carbocycles. The van der Waals surface area contributed by atoms with Gasteiger partial charge >= 0.3 is 0 Å². The lowest BCUT2D eigenvalue weighted by Crippen LogP contribution is -2.27. The van der Waals surface area contributed by atoms with Crippen molar-refractivity contribution in [3.63, 3.8) is 0 Å². The molecule has 0 spiro atoms. The standard InChI is InChI=1S/C13H14ClN3OS/c1-13(2,3)11(18)15-12-17-16-10(19-12)8-6-4-5-7-9(8)14/h4-7H,1-3H3,(H,15,17,18). The third kappa shape index (κ3) is 3.30. The van der Waals surface area contributed by atoms with Crippen LogP contribution in [-0.2, 0) is 4.79 Å². The summed E-state index contributed by atoms with van der Waals surface area (Å²) in [6.07, 6.45) is 0. The number of halogens is 1. The molecule has 0 aliphatic rings. The van der Waals surface area contributed by atoms with Crippen LogP contribution in [0.1, 0.15) is 20.8 Å². The molecule has 0 atom stereocenters. The van der Waals surface area contributed by atoms with Crippen LogP contribution >= 0.6 is 22.9 Å². The first kappa shape index (κ1) is 14.0. The number of nitrogens with one attached hydrogen (secondary N) is 1. The van der Waals surface area contributed by atoms with E-state index in [1.165, 1.54) is 11.3 Å². The van der Waals surface area contributed by atoms with Crippen molar-refractivity contribution in [1.82, 2.24) is 10.2 Å². The van der Waals surface area contributed by atoms with E-state index in [9.17, 15) is 4.79 Å². The summed E-state index contributed by atoms with van der Waals surface area (Å²) in [6, 6.07) is 7.41. The SMILES string of the molecule is CC(C)(C)C(=O)Nc1nnc(-c2ccccc2Cl)s1. The zero-order valence-corrected chi connectivity index (χ0v) is 12.5. The van der Waals surface area contributed by atoms with Crippen LogP contribution in [0.5, 0.6) is 0 Å². The van der Waals surface area contributed by atoms with E-state index < -0.39 is 5.41 Å². The van der Waals surface area contributed by atoms with Crippen LogP contribution in [0.15, 0.2) is 24.3 Å². The van der Waals surface area contributed by atoms with Crippen molar-refractivity contribution >= 4 is 34.0 Å². The minimum Gasteiger partial charge on any atom is -0.300 e. The monoisotopic (exact) mass is 295 g/mol. The number of nitrogens with zero attached hydrogens (tertiary/aromatic N) is 2. The number of carbonyl (C=O) groups excluding carboxylic acids is 1. The summed E-state index contributed by atoms with van der Waals surface area (Å²) in [5.74, 6) is -0.0886. The molecular formula is C13H14ClN3OS. The highest BCUT2D eigenvalue weighted by Gasteiger charge is 2.22. The molecule has 0 saturated heterocycles. The Bertz CT molecular complexity index is 604. The Hall–Kier alpha value is -1.46. The Morgan fingerprint density at radius 2 is 1.95 bits per heavy atom. The zero-order chi connectivity index (χ0) is 14.0. The van der Waals surface area contributed by atoms with Crippen LogP contribution < -0.4 is 5.32 Å². The molecule has 1 aromatic carbocycles. The minimum absolute atomic E-state index is 0.0886. The van der Waals surface area contributed by atoms with E-state index in [2.05, 4.69) is 15.5 Å². The van der Waals surface area contributed by atoms with Gasteiger partial charge in [0.15, 0.2) is 5.01 Å². The molecule has 0 bridgehead atoms. The first-order chi connectivity index (χ1) is 8.88. The number of carbonyl (C=O) groups is 1. The first-order valence-electron chi connectivity index (χ1n) is 5.78. The van der Waals surface area contributed by atoms with Gasteiger partial charge in [-0.25, -0.2) is 0 Å². The van der Waals surface area contributed by atoms with Gasteiger partial charge in [-0.2, -0.15) is 0 Å². The predicted octanol–water partition coefficient (Wildman–Crippen LogP) is 3.84. The highest BCUT2D eigenvalue weighted by atomic mass is 35.5. The summed E-state index contributed by atoms with van der Waals surface area (Å²) in [7, 11) is 0. The normalized spacial score (nSPS) is 11.4. The molecule has 0 unspecified atom stereocenters. The lowest BCUT2D eigenvalue weighted by atomic mass is 9.96. The third-order valence-electron chi connectivity index (χ3n) is 2.43. The molecule has 2 aromatic rings. The number of hydrogen-bond acceptors (Lipinski definition) is 4. The Labute approximate surface area is 120 Å². The summed E-state index contributed by atoms with van der Waals surface area (Å²) in [5.41, 5.74) is 0.355. The molecule has 0 radical (unpaired) electrons. The summed E-state index contributed by atoms with van der Waals surface area (Å²) in [4.78, 5) is 11.8. The van der Waals surface area contributed by atoms with E-state index in [0.29, 0.717) is 15.2 Å². The smallest absolute Gasteiger partial charge is 0.231 e. The maximum absolute atomic E-state index is 11.8. The van der Waals surface area contributed by atoms with Crippen molar-refractivity contribution in [3.05, 3.63) is 29.3 Å². The van der Waals surface area contributed by atoms with E-state index in [0.717, 1.165) is 5.56 Å². The fourth-order valence-electron chi connectivity index (χ4n) is 1.30. The molecule has 0 saturated carbocycles. The van der Waals surface area contributed by atoms with Crippen LogP contribution in [0, 0.1) is 5.41 Å². The Morgan fingerprint density at radius 1 is 1.26 bits per heavy atom. The van der Waals surface area contributed by atoms with Crippen molar-refractivity contribution in [2.24, 2.45) is 5.41 Å². The summed E-state index contributed by atoms with van der Waals surface area (Å²) < 4.78 is 0. The second kappa shape index (κ2) is 5.27. The average Bonchev–Trinajstić information content (AvgIpc) is 2.76. The molecule has 4 nitrogen and oxygen atoms in total. The fraction of sp³-hybridized carbons (Fsp3) is 0.308. The highest BCUT2D eigenvalue weighted by Crippen LogP contribution is 2.32. The average molecular weight is 296 g/mol. The van der Waals surface area contributed by atoms with Gasteiger partial charge in [-0.05, 0) is 6.07 Å². The van der Waals surface area contributed by atoms with Gasteiger partial charge in [-0.1, -0.05) is 61.9 Å². The summed E-state index contributed by atoms with van der Waals surface area (Å²) in [6.45, 7) is 5.54. The van der Waals surface area contributed by atoms with E-state index >= 15 is 0 Å². The Balaban J connectivity index is 2.21.